The molecule has 0 saturated heterocycles. The summed E-state index contributed by atoms with van der Waals surface area (Å²) in [5.74, 6) is 1.43. The molecule has 0 aliphatic rings. The minimum Gasteiger partial charge on any atom is -0.493 e. The van der Waals surface area contributed by atoms with E-state index in [1.807, 2.05) is 18.2 Å². The molecule has 0 aromatic heterocycles. The van der Waals surface area contributed by atoms with Gasteiger partial charge in [-0.2, -0.15) is 0 Å². The van der Waals surface area contributed by atoms with Crippen molar-refractivity contribution in [1.82, 2.24) is 0 Å². The Morgan fingerprint density at radius 2 is 2.31 bits per heavy atom. The van der Waals surface area contributed by atoms with Crippen molar-refractivity contribution in [2.45, 2.75) is 0 Å². The van der Waals surface area contributed by atoms with Crippen molar-refractivity contribution in [3.05, 3.63) is 35.3 Å². The van der Waals surface area contributed by atoms with E-state index >= 15 is 0 Å². The maximum Gasteiger partial charge on any atom is 0.175 e. The first-order chi connectivity index (χ1) is 6.29. The van der Waals surface area contributed by atoms with E-state index in [-0.39, 0.29) is 0 Å². The monoisotopic (exact) mass is 242 g/mol. The van der Waals surface area contributed by atoms with Crippen LogP contribution < -0.4 is 9.47 Å². The Kier molecular flexibility index (Phi) is 3.83. The first kappa shape index (κ1) is 10.1. The molecule has 0 heterocycles. The van der Waals surface area contributed by atoms with E-state index in [0.717, 1.165) is 10.2 Å². The molecule has 0 unspecified atom stereocenters. The lowest BCUT2D eigenvalue weighted by Gasteiger charge is -2.10. The zero-order valence-electron chi connectivity index (χ0n) is 7.42. The first-order valence-electron chi connectivity index (χ1n) is 3.85. The third-order valence-electron chi connectivity index (χ3n) is 1.50. The van der Waals surface area contributed by atoms with E-state index in [1.165, 1.54) is 0 Å². The summed E-state index contributed by atoms with van der Waals surface area (Å²) in [6.07, 6.45) is 1.69. The second-order valence-corrected chi connectivity index (χ2v) is 3.23. The predicted molar refractivity (Wildman–Crippen MR) is 56.4 cm³/mol. The predicted octanol–water partition coefficient (Wildman–Crippen LogP) is 3.02. The van der Waals surface area contributed by atoms with Gasteiger partial charge in [-0.3, -0.25) is 0 Å². The van der Waals surface area contributed by atoms with Gasteiger partial charge in [0.15, 0.2) is 11.5 Å². The Labute approximate surface area is 86.3 Å². The molecular formula is C10H11BrO2. The van der Waals surface area contributed by atoms with Gasteiger partial charge in [-0.05, 0) is 28.1 Å². The summed E-state index contributed by atoms with van der Waals surface area (Å²) in [5.41, 5.74) is 0. The molecule has 1 aromatic rings. The van der Waals surface area contributed by atoms with Crippen LogP contribution in [0.5, 0.6) is 11.5 Å². The molecule has 1 rings (SSSR count). The van der Waals surface area contributed by atoms with Crippen molar-refractivity contribution in [3.63, 3.8) is 0 Å². The largest absolute Gasteiger partial charge is 0.493 e. The van der Waals surface area contributed by atoms with Gasteiger partial charge in [0.1, 0.15) is 6.61 Å². The molecule has 2 nitrogen and oxygen atoms in total. The van der Waals surface area contributed by atoms with E-state index < -0.39 is 0 Å². The molecule has 0 fully saturated rings. The summed E-state index contributed by atoms with van der Waals surface area (Å²) in [7, 11) is 1.61. The Balaban J connectivity index is 2.93. The number of rotatable bonds is 4. The van der Waals surface area contributed by atoms with E-state index in [2.05, 4.69) is 22.5 Å². The molecule has 0 atom stereocenters. The van der Waals surface area contributed by atoms with Crippen molar-refractivity contribution in [1.29, 1.82) is 0 Å². The third kappa shape index (κ3) is 2.49. The van der Waals surface area contributed by atoms with E-state index in [0.29, 0.717) is 12.4 Å². The van der Waals surface area contributed by atoms with Crippen molar-refractivity contribution in [3.8, 4) is 11.5 Å². The lowest BCUT2D eigenvalue weighted by atomic mass is 10.3. The minimum atomic E-state index is 0.471. The third-order valence-corrected chi connectivity index (χ3v) is 2.12. The van der Waals surface area contributed by atoms with Gasteiger partial charge in [-0.15, -0.1) is 0 Å². The molecule has 0 aliphatic heterocycles. The van der Waals surface area contributed by atoms with E-state index in [4.69, 9.17) is 9.47 Å². The SMILES string of the molecule is C=CCOc1c(Br)cccc1OC. The van der Waals surface area contributed by atoms with Crippen LogP contribution in [0.1, 0.15) is 0 Å². The lowest BCUT2D eigenvalue weighted by Crippen LogP contribution is -1.96. The topological polar surface area (TPSA) is 18.5 Å². The van der Waals surface area contributed by atoms with Gasteiger partial charge in [0.05, 0.1) is 11.6 Å². The summed E-state index contributed by atoms with van der Waals surface area (Å²) >= 11 is 3.38. The average Bonchev–Trinajstić information content (AvgIpc) is 2.15. The fourth-order valence-electron chi connectivity index (χ4n) is 0.932. The number of halogens is 1. The normalized spacial score (nSPS) is 9.38. The molecule has 3 heteroatoms. The average molecular weight is 243 g/mol. The summed E-state index contributed by atoms with van der Waals surface area (Å²) in [6, 6.07) is 5.65. The van der Waals surface area contributed by atoms with Crippen molar-refractivity contribution < 1.29 is 9.47 Å². The summed E-state index contributed by atoms with van der Waals surface area (Å²) in [4.78, 5) is 0. The zero-order chi connectivity index (χ0) is 9.68. The number of para-hydroxylation sites is 1. The van der Waals surface area contributed by atoms with Crippen LogP contribution in [0.2, 0.25) is 0 Å². The van der Waals surface area contributed by atoms with Crippen LogP contribution in [0.15, 0.2) is 35.3 Å². The zero-order valence-corrected chi connectivity index (χ0v) is 9.00. The number of benzene rings is 1. The molecule has 0 saturated carbocycles. The second-order valence-electron chi connectivity index (χ2n) is 2.37. The van der Waals surface area contributed by atoms with Crippen molar-refractivity contribution >= 4 is 15.9 Å². The summed E-state index contributed by atoms with van der Waals surface area (Å²) in [6.45, 7) is 4.05. The molecule has 0 amide bonds. The van der Waals surface area contributed by atoms with Gasteiger partial charge in [0, 0.05) is 0 Å². The highest BCUT2D eigenvalue weighted by Crippen LogP contribution is 2.34. The smallest absolute Gasteiger partial charge is 0.175 e. The van der Waals surface area contributed by atoms with Crippen molar-refractivity contribution in [2.24, 2.45) is 0 Å². The van der Waals surface area contributed by atoms with Crippen LogP contribution in [-0.4, -0.2) is 13.7 Å². The molecular weight excluding hydrogens is 232 g/mol. The summed E-state index contributed by atoms with van der Waals surface area (Å²) in [5, 5.41) is 0. The number of hydrogen-bond donors (Lipinski definition) is 0. The van der Waals surface area contributed by atoms with Crippen LogP contribution in [-0.2, 0) is 0 Å². The Morgan fingerprint density at radius 1 is 1.54 bits per heavy atom. The van der Waals surface area contributed by atoms with Crippen LogP contribution in [0.25, 0.3) is 0 Å². The molecule has 70 valence electrons. The van der Waals surface area contributed by atoms with Gasteiger partial charge < -0.3 is 9.47 Å². The Bertz CT molecular complexity index is 297. The second kappa shape index (κ2) is 4.92. The first-order valence-corrected chi connectivity index (χ1v) is 4.65. The van der Waals surface area contributed by atoms with Crippen molar-refractivity contribution in [2.75, 3.05) is 13.7 Å². The van der Waals surface area contributed by atoms with Gasteiger partial charge >= 0.3 is 0 Å². The number of methoxy groups -OCH3 is 1. The summed E-state index contributed by atoms with van der Waals surface area (Å²) < 4.78 is 11.4. The van der Waals surface area contributed by atoms with Crippen LogP contribution in [0.4, 0.5) is 0 Å². The number of ether oxygens (including phenoxy) is 2. The lowest BCUT2D eigenvalue weighted by molar-refractivity contribution is 0.324. The molecule has 13 heavy (non-hydrogen) atoms. The van der Waals surface area contributed by atoms with Gasteiger partial charge in [-0.25, -0.2) is 0 Å². The molecule has 1 aromatic carbocycles. The quantitative estimate of drug-likeness (QED) is 0.756. The highest BCUT2D eigenvalue weighted by molar-refractivity contribution is 9.10. The molecule has 0 bridgehead atoms. The van der Waals surface area contributed by atoms with Gasteiger partial charge in [0.25, 0.3) is 0 Å². The number of hydrogen-bond acceptors (Lipinski definition) is 2. The highest BCUT2D eigenvalue weighted by atomic mass is 79.9. The minimum absolute atomic E-state index is 0.471. The van der Waals surface area contributed by atoms with Gasteiger partial charge in [-0.1, -0.05) is 18.7 Å². The fraction of sp³-hybridized carbons (Fsp3) is 0.200. The van der Waals surface area contributed by atoms with Crippen LogP contribution in [0.3, 0.4) is 0 Å². The van der Waals surface area contributed by atoms with Gasteiger partial charge in [0.2, 0.25) is 0 Å². The van der Waals surface area contributed by atoms with E-state index in [9.17, 15) is 0 Å². The van der Waals surface area contributed by atoms with Crippen LogP contribution in [0, 0.1) is 0 Å². The molecule has 0 N–H and O–H groups in total. The maximum absolute atomic E-state index is 5.42. The molecule has 0 spiro atoms. The van der Waals surface area contributed by atoms with E-state index in [1.54, 1.807) is 13.2 Å². The Hall–Kier alpha value is -0.960. The standard InChI is InChI=1S/C10H11BrO2/c1-3-7-13-10-8(11)5-4-6-9(10)12-2/h3-6H,1,7H2,2H3. The van der Waals surface area contributed by atoms with Crippen LogP contribution >= 0.6 is 15.9 Å². The molecule has 0 radical (unpaired) electrons. The molecule has 0 aliphatic carbocycles. The highest BCUT2D eigenvalue weighted by Gasteiger charge is 2.06. The fourth-order valence-corrected chi connectivity index (χ4v) is 1.39. The maximum atomic E-state index is 5.42. The Morgan fingerprint density at radius 3 is 2.92 bits per heavy atom.